The number of nitrogens with zero attached hydrogens (tertiary/aromatic N) is 2. The third-order valence-electron chi connectivity index (χ3n) is 4.31. The van der Waals surface area contributed by atoms with Crippen LogP contribution in [0.2, 0.25) is 0 Å². The van der Waals surface area contributed by atoms with Gasteiger partial charge in [-0.2, -0.15) is 4.31 Å². The molecular weight excluding hydrogens is 306 g/mol. The molecule has 7 nitrogen and oxygen atoms in total. The van der Waals surface area contributed by atoms with Gasteiger partial charge in [-0.25, -0.2) is 13.2 Å². The van der Waals surface area contributed by atoms with E-state index in [0.717, 1.165) is 6.42 Å². The number of benzene rings is 1. The molecule has 8 heteroatoms. The Bertz CT molecular complexity index is 868. The molecule has 2 atom stereocenters. The van der Waals surface area contributed by atoms with Crippen molar-refractivity contribution in [1.82, 2.24) is 8.87 Å². The lowest BCUT2D eigenvalue weighted by atomic mass is 10.1. The highest BCUT2D eigenvalue weighted by atomic mass is 32.2. The molecule has 1 aliphatic heterocycles. The maximum atomic E-state index is 12.8. The van der Waals surface area contributed by atoms with E-state index in [1.807, 2.05) is 6.92 Å². The van der Waals surface area contributed by atoms with Crippen molar-refractivity contribution in [1.29, 1.82) is 0 Å². The fourth-order valence-electron chi connectivity index (χ4n) is 3.02. The summed E-state index contributed by atoms with van der Waals surface area (Å²) in [4.78, 5) is 11.6. The molecule has 22 heavy (non-hydrogen) atoms. The standard InChI is InChI=1S/C14H19N3O4S/c1-9-5-10(7-15)8-17(9)22(19,20)11-3-4-12-13(6-11)21-14(18)16(12)2/h3-4,6,9-10H,5,7-8,15H2,1-2H3. The zero-order valence-electron chi connectivity index (χ0n) is 12.5. The molecule has 0 amide bonds. The molecule has 120 valence electrons. The number of aromatic nitrogens is 1. The van der Waals surface area contributed by atoms with Crippen LogP contribution in [0.5, 0.6) is 0 Å². The fourth-order valence-corrected chi connectivity index (χ4v) is 4.76. The largest absolute Gasteiger partial charge is 0.419 e. The van der Waals surface area contributed by atoms with Crippen molar-refractivity contribution in [2.75, 3.05) is 13.1 Å². The summed E-state index contributed by atoms with van der Waals surface area (Å²) in [6.45, 7) is 2.79. The van der Waals surface area contributed by atoms with Crippen molar-refractivity contribution in [3.63, 3.8) is 0 Å². The van der Waals surface area contributed by atoms with E-state index in [1.54, 1.807) is 13.1 Å². The van der Waals surface area contributed by atoms with E-state index in [1.165, 1.54) is 21.0 Å². The molecule has 0 saturated carbocycles. The van der Waals surface area contributed by atoms with Crippen LogP contribution < -0.4 is 11.5 Å². The Balaban J connectivity index is 2.04. The number of nitrogens with two attached hydrogens (primary N) is 1. The van der Waals surface area contributed by atoms with E-state index in [0.29, 0.717) is 18.6 Å². The van der Waals surface area contributed by atoms with Gasteiger partial charge in [-0.3, -0.25) is 4.57 Å². The Morgan fingerprint density at radius 3 is 2.77 bits per heavy atom. The average molecular weight is 325 g/mol. The molecule has 0 radical (unpaired) electrons. The summed E-state index contributed by atoms with van der Waals surface area (Å²) in [6.07, 6.45) is 0.762. The van der Waals surface area contributed by atoms with Crippen LogP contribution in [0.3, 0.4) is 0 Å². The molecule has 0 aliphatic carbocycles. The summed E-state index contributed by atoms with van der Waals surface area (Å²) in [5.74, 6) is -0.328. The number of rotatable bonds is 3. The van der Waals surface area contributed by atoms with Crippen LogP contribution in [0.25, 0.3) is 11.1 Å². The molecule has 1 aromatic carbocycles. The molecule has 2 unspecified atom stereocenters. The summed E-state index contributed by atoms with van der Waals surface area (Å²) in [5, 5.41) is 0. The van der Waals surface area contributed by atoms with Gasteiger partial charge in [0.1, 0.15) is 0 Å². The second kappa shape index (κ2) is 5.22. The minimum absolute atomic E-state index is 0.0861. The van der Waals surface area contributed by atoms with E-state index in [-0.39, 0.29) is 22.4 Å². The molecule has 1 fully saturated rings. The first-order chi connectivity index (χ1) is 10.3. The minimum atomic E-state index is -3.62. The maximum absolute atomic E-state index is 12.8. The van der Waals surface area contributed by atoms with E-state index >= 15 is 0 Å². The van der Waals surface area contributed by atoms with E-state index in [4.69, 9.17) is 10.2 Å². The quantitative estimate of drug-likeness (QED) is 0.885. The number of hydrogen-bond donors (Lipinski definition) is 1. The van der Waals surface area contributed by atoms with Crippen LogP contribution in [-0.2, 0) is 17.1 Å². The zero-order valence-corrected chi connectivity index (χ0v) is 13.3. The predicted octanol–water partition coefficient (Wildman–Crippen LogP) is 0.489. The lowest BCUT2D eigenvalue weighted by molar-refractivity contribution is 0.404. The van der Waals surface area contributed by atoms with Crippen molar-refractivity contribution < 1.29 is 12.8 Å². The highest BCUT2D eigenvalue weighted by Crippen LogP contribution is 2.30. The second-order valence-corrected chi connectivity index (χ2v) is 7.71. The van der Waals surface area contributed by atoms with E-state index < -0.39 is 15.8 Å². The zero-order chi connectivity index (χ0) is 16.1. The third kappa shape index (κ3) is 2.27. The van der Waals surface area contributed by atoms with Gasteiger partial charge >= 0.3 is 5.76 Å². The lowest BCUT2D eigenvalue weighted by Gasteiger charge is -2.20. The van der Waals surface area contributed by atoms with Crippen LogP contribution in [-0.4, -0.2) is 36.4 Å². The SMILES string of the molecule is CC1CC(CN)CN1S(=O)(=O)c1ccc2c(c1)oc(=O)n2C. The van der Waals surface area contributed by atoms with Crippen molar-refractivity contribution in [2.24, 2.45) is 18.7 Å². The van der Waals surface area contributed by atoms with Crippen molar-refractivity contribution in [2.45, 2.75) is 24.3 Å². The lowest BCUT2D eigenvalue weighted by Crippen LogP contribution is -2.34. The molecule has 2 aromatic rings. The van der Waals surface area contributed by atoms with Crippen LogP contribution in [0.1, 0.15) is 13.3 Å². The Labute approximate surface area is 128 Å². The summed E-state index contributed by atoms with van der Waals surface area (Å²) < 4.78 is 33.5. The van der Waals surface area contributed by atoms with Crippen LogP contribution in [0.4, 0.5) is 0 Å². The highest BCUT2D eigenvalue weighted by Gasteiger charge is 2.37. The van der Waals surface area contributed by atoms with Gasteiger partial charge < -0.3 is 10.2 Å². The number of sulfonamides is 1. The summed E-state index contributed by atoms with van der Waals surface area (Å²) in [7, 11) is -2.04. The first-order valence-corrected chi connectivity index (χ1v) is 8.60. The van der Waals surface area contributed by atoms with Crippen molar-refractivity contribution in [3.05, 3.63) is 28.7 Å². The van der Waals surface area contributed by atoms with Gasteiger partial charge in [0.25, 0.3) is 0 Å². The van der Waals surface area contributed by atoms with Gasteiger partial charge in [0.2, 0.25) is 10.0 Å². The molecule has 2 heterocycles. The van der Waals surface area contributed by atoms with Gasteiger partial charge in [0.05, 0.1) is 10.4 Å². The maximum Gasteiger partial charge on any atom is 0.419 e. The van der Waals surface area contributed by atoms with Gasteiger partial charge in [0, 0.05) is 25.7 Å². The number of fused-ring (bicyclic) bond motifs is 1. The summed E-state index contributed by atoms with van der Waals surface area (Å²) in [5.41, 5.74) is 6.50. The Morgan fingerprint density at radius 1 is 1.41 bits per heavy atom. The van der Waals surface area contributed by atoms with Crippen LogP contribution in [0, 0.1) is 5.92 Å². The first kappa shape index (κ1) is 15.3. The first-order valence-electron chi connectivity index (χ1n) is 7.16. The number of oxazole rings is 1. The molecule has 3 rings (SSSR count). The van der Waals surface area contributed by atoms with Gasteiger partial charge in [-0.15, -0.1) is 0 Å². The Hall–Kier alpha value is -1.64. The second-order valence-electron chi connectivity index (χ2n) is 5.82. The van der Waals surface area contributed by atoms with Crippen molar-refractivity contribution >= 4 is 21.1 Å². The smallest absolute Gasteiger partial charge is 0.408 e. The van der Waals surface area contributed by atoms with Gasteiger partial charge in [-0.1, -0.05) is 0 Å². The predicted molar refractivity (Wildman–Crippen MR) is 82.0 cm³/mol. The summed E-state index contributed by atoms with van der Waals surface area (Å²) >= 11 is 0. The highest BCUT2D eigenvalue weighted by molar-refractivity contribution is 7.89. The van der Waals surface area contributed by atoms with Gasteiger partial charge in [0.15, 0.2) is 5.58 Å². The monoisotopic (exact) mass is 325 g/mol. The molecule has 1 aromatic heterocycles. The van der Waals surface area contributed by atoms with Gasteiger partial charge in [-0.05, 0) is 37.9 Å². The number of hydrogen-bond acceptors (Lipinski definition) is 5. The fraction of sp³-hybridized carbons (Fsp3) is 0.500. The van der Waals surface area contributed by atoms with E-state index in [9.17, 15) is 13.2 Å². The topological polar surface area (TPSA) is 98.5 Å². The Morgan fingerprint density at radius 2 is 2.14 bits per heavy atom. The molecule has 0 spiro atoms. The van der Waals surface area contributed by atoms with E-state index in [2.05, 4.69) is 0 Å². The molecule has 0 bridgehead atoms. The molecular formula is C14H19N3O4S. The van der Waals surface area contributed by atoms with Crippen LogP contribution in [0.15, 0.2) is 32.3 Å². The molecule has 1 aliphatic rings. The van der Waals surface area contributed by atoms with Crippen molar-refractivity contribution in [3.8, 4) is 0 Å². The average Bonchev–Trinajstić information content (AvgIpc) is 3.00. The normalized spacial score (nSPS) is 23.4. The summed E-state index contributed by atoms with van der Waals surface area (Å²) in [6, 6.07) is 4.43. The molecule has 2 N–H and O–H groups in total. The van der Waals surface area contributed by atoms with Crippen LogP contribution >= 0.6 is 0 Å². The third-order valence-corrected chi connectivity index (χ3v) is 6.28. The number of aryl methyl sites for hydroxylation is 1. The Kier molecular flexibility index (Phi) is 3.62. The molecule has 1 saturated heterocycles. The minimum Gasteiger partial charge on any atom is -0.408 e.